The topological polar surface area (TPSA) is 42.7 Å². The molecule has 4 nitrogen and oxygen atoms in total. The summed E-state index contributed by atoms with van der Waals surface area (Å²) < 4.78 is 19.3. The fourth-order valence-corrected chi connectivity index (χ4v) is 9.11. The highest BCUT2D eigenvalue weighted by Crippen LogP contribution is 2.51. The summed E-state index contributed by atoms with van der Waals surface area (Å²) in [5.41, 5.74) is 15.8. The number of anilines is 3. The molecule has 3 heterocycles. The number of furan rings is 3. The van der Waals surface area contributed by atoms with Crippen molar-refractivity contribution in [3.05, 3.63) is 175 Å². The molecule has 55 heavy (non-hydrogen) atoms. The van der Waals surface area contributed by atoms with E-state index in [1.54, 1.807) is 0 Å². The maximum Gasteiger partial charge on any atom is 0.136 e. The van der Waals surface area contributed by atoms with Crippen molar-refractivity contribution in [1.82, 2.24) is 0 Å². The zero-order valence-corrected chi connectivity index (χ0v) is 30.3. The number of rotatable bonds is 4. The quantitative estimate of drug-likeness (QED) is 0.183. The third-order valence-corrected chi connectivity index (χ3v) is 11.9. The molecule has 0 radical (unpaired) electrons. The van der Waals surface area contributed by atoms with Gasteiger partial charge in [0.2, 0.25) is 0 Å². The molecule has 12 rings (SSSR count). The van der Waals surface area contributed by atoms with Gasteiger partial charge in [0.25, 0.3) is 0 Å². The molecule has 0 spiro atoms. The fraction of sp³-hybridized carbons (Fsp3) is 0.0588. The lowest BCUT2D eigenvalue weighted by atomic mass is 9.82. The molecule has 0 saturated heterocycles. The SMILES string of the molecule is CC1(C)c2ccccc2-c2ccc(N(c3ccc4oc5ccccc5c4c3)c3ccc4oc5cc6c(cc5c4c3)oc3ccc(-c4ccccc4)cc36)cc21. The Morgan fingerprint density at radius 1 is 0.345 bits per heavy atom. The molecule has 0 bridgehead atoms. The molecule has 0 unspecified atom stereocenters. The molecule has 260 valence electrons. The van der Waals surface area contributed by atoms with Crippen LogP contribution in [-0.2, 0) is 5.41 Å². The number of benzene rings is 8. The van der Waals surface area contributed by atoms with Crippen LogP contribution < -0.4 is 4.90 Å². The van der Waals surface area contributed by atoms with E-state index >= 15 is 0 Å². The number of hydrogen-bond acceptors (Lipinski definition) is 4. The Kier molecular flexibility index (Phi) is 6.09. The van der Waals surface area contributed by atoms with Gasteiger partial charge in [0, 0.05) is 54.8 Å². The van der Waals surface area contributed by atoms with Crippen LogP contribution in [-0.4, -0.2) is 0 Å². The Bertz CT molecular complexity index is 3360. The molecular weight excluding hydrogens is 675 g/mol. The first-order chi connectivity index (χ1) is 27.0. The third-order valence-electron chi connectivity index (χ3n) is 11.9. The van der Waals surface area contributed by atoms with Crippen LogP contribution in [0.3, 0.4) is 0 Å². The summed E-state index contributed by atoms with van der Waals surface area (Å²) in [4.78, 5) is 2.36. The lowest BCUT2D eigenvalue weighted by Gasteiger charge is -2.28. The second kappa shape index (κ2) is 11.0. The van der Waals surface area contributed by atoms with Gasteiger partial charge in [0.1, 0.15) is 33.5 Å². The van der Waals surface area contributed by atoms with E-state index in [1.807, 2.05) is 18.2 Å². The number of hydrogen-bond donors (Lipinski definition) is 0. The average molecular weight is 708 g/mol. The fourth-order valence-electron chi connectivity index (χ4n) is 9.11. The summed E-state index contributed by atoms with van der Waals surface area (Å²) >= 11 is 0. The Balaban J connectivity index is 1.05. The molecule has 0 N–H and O–H groups in total. The van der Waals surface area contributed by atoms with Gasteiger partial charge in [-0.15, -0.1) is 0 Å². The maximum atomic E-state index is 6.59. The summed E-state index contributed by atoms with van der Waals surface area (Å²) in [5.74, 6) is 0. The lowest BCUT2D eigenvalue weighted by molar-refractivity contribution is 0.660. The minimum atomic E-state index is -0.136. The normalized spacial score (nSPS) is 13.4. The second-order valence-corrected chi connectivity index (χ2v) is 15.3. The predicted molar refractivity (Wildman–Crippen MR) is 226 cm³/mol. The molecule has 0 aliphatic heterocycles. The number of para-hydroxylation sites is 1. The standard InChI is InChI=1S/C51H33NO3/c1-51(2)43-14-8-6-12-35(43)36-20-17-34(27-44(36)51)52(32-18-22-47-39(25-32)37-13-7-9-15-45(37)53-47)33-19-23-48-40(26-33)42-29-49-41(28-50(42)55-48)38-24-31(16-21-46(38)54-49)30-10-4-3-5-11-30/h3-29H,1-2H3. The van der Waals surface area contributed by atoms with Crippen molar-refractivity contribution < 1.29 is 13.3 Å². The van der Waals surface area contributed by atoms with Crippen LogP contribution in [0.15, 0.2) is 177 Å². The molecule has 0 atom stereocenters. The number of nitrogens with zero attached hydrogens (tertiary/aromatic N) is 1. The average Bonchev–Trinajstić information content (AvgIpc) is 3.95. The predicted octanol–water partition coefficient (Wildman–Crippen LogP) is 14.8. The van der Waals surface area contributed by atoms with Crippen LogP contribution in [0.5, 0.6) is 0 Å². The summed E-state index contributed by atoms with van der Waals surface area (Å²) in [5, 5.41) is 6.37. The van der Waals surface area contributed by atoms with Crippen molar-refractivity contribution in [3.8, 4) is 22.3 Å². The Labute approximate surface area is 316 Å². The van der Waals surface area contributed by atoms with Crippen molar-refractivity contribution in [2.45, 2.75) is 19.3 Å². The van der Waals surface area contributed by atoms with Crippen LogP contribution in [0.1, 0.15) is 25.0 Å². The zero-order chi connectivity index (χ0) is 36.4. The molecule has 0 amide bonds. The van der Waals surface area contributed by atoms with E-state index in [4.69, 9.17) is 13.3 Å². The molecule has 4 heteroatoms. The Morgan fingerprint density at radius 3 is 1.60 bits per heavy atom. The lowest BCUT2D eigenvalue weighted by Crippen LogP contribution is -2.16. The zero-order valence-electron chi connectivity index (χ0n) is 30.3. The Morgan fingerprint density at radius 2 is 0.855 bits per heavy atom. The minimum Gasteiger partial charge on any atom is -0.456 e. The van der Waals surface area contributed by atoms with Crippen LogP contribution >= 0.6 is 0 Å². The third kappa shape index (κ3) is 4.40. The van der Waals surface area contributed by atoms with Crippen LogP contribution in [0.25, 0.3) is 88.1 Å². The highest BCUT2D eigenvalue weighted by Gasteiger charge is 2.35. The van der Waals surface area contributed by atoms with Gasteiger partial charge in [-0.2, -0.15) is 0 Å². The van der Waals surface area contributed by atoms with E-state index in [1.165, 1.54) is 27.8 Å². The van der Waals surface area contributed by atoms with Gasteiger partial charge in [-0.3, -0.25) is 0 Å². The van der Waals surface area contributed by atoms with E-state index in [2.05, 4.69) is 164 Å². The minimum absolute atomic E-state index is 0.136. The van der Waals surface area contributed by atoms with Crippen molar-refractivity contribution in [3.63, 3.8) is 0 Å². The molecule has 0 fully saturated rings. The maximum absolute atomic E-state index is 6.59. The largest absolute Gasteiger partial charge is 0.456 e. The van der Waals surface area contributed by atoms with Gasteiger partial charge >= 0.3 is 0 Å². The van der Waals surface area contributed by atoms with Crippen molar-refractivity contribution in [2.24, 2.45) is 0 Å². The van der Waals surface area contributed by atoms with E-state index in [9.17, 15) is 0 Å². The molecule has 3 aromatic heterocycles. The van der Waals surface area contributed by atoms with Crippen molar-refractivity contribution in [1.29, 1.82) is 0 Å². The van der Waals surface area contributed by atoms with Gasteiger partial charge in [-0.25, -0.2) is 0 Å². The Hall–Kier alpha value is -7.04. The molecule has 1 aliphatic carbocycles. The second-order valence-electron chi connectivity index (χ2n) is 15.3. The molecule has 8 aromatic carbocycles. The summed E-state index contributed by atoms with van der Waals surface area (Å²) in [6.45, 7) is 4.67. The molecule has 1 aliphatic rings. The number of fused-ring (bicyclic) bond motifs is 12. The van der Waals surface area contributed by atoms with Gasteiger partial charge in [-0.05, 0) is 112 Å². The van der Waals surface area contributed by atoms with Gasteiger partial charge in [0.15, 0.2) is 0 Å². The van der Waals surface area contributed by atoms with E-state index in [0.717, 1.165) is 88.4 Å². The van der Waals surface area contributed by atoms with Crippen LogP contribution in [0.4, 0.5) is 17.1 Å². The van der Waals surface area contributed by atoms with Gasteiger partial charge in [0.05, 0.1) is 0 Å². The summed E-state index contributed by atoms with van der Waals surface area (Å²) in [7, 11) is 0. The summed E-state index contributed by atoms with van der Waals surface area (Å²) in [6.07, 6.45) is 0. The van der Waals surface area contributed by atoms with E-state index < -0.39 is 0 Å². The van der Waals surface area contributed by atoms with Gasteiger partial charge < -0.3 is 18.2 Å². The first kappa shape index (κ1) is 30.4. The van der Waals surface area contributed by atoms with E-state index in [0.29, 0.717) is 0 Å². The van der Waals surface area contributed by atoms with Crippen LogP contribution in [0.2, 0.25) is 0 Å². The van der Waals surface area contributed by atoms with Gasteiger partial charge in [-0.1, -0.05) is 98.8 Å². The monoisotopic (exact) mass is 707 g/mol. The van der Waals surface area contributed by atoms with Crippen LogP contribution in [0, 0.1) is 0 Å². The van der Waals surface area contributed by atoms with Crippen molar-refractivity contribution >= 4 is 82.9 Å². The molecule has 11 aromatic rings. The first-order valence-electron chi connectivity index (χ1n) is 18.8. The smallest absolute Gasteiger partial charge is 0.136 e. The summed E-state index contributed by atoms with van der Waals surface area (Å²) in [6, 6.07) is 58.2. The highest BCUT2D eigenvalue weighted by molar-refractivity contribution is 6.16. The van der Waals surface area contributed by atoms with Crippen molar-refractivity contribution in [2.75, 3.05) is 4.90 Å². The van der Waals surface area contributed by atoms with E-state index in [-0.39, 0.29) is 5.41 Å². The first-order valence-corrected chi connectivity index (χ1v) is 18.8. The molecule has 0 saturated carbocycles. The highest BCUT2D eigenvalue weighted by atomic mass is 16.3. The molecular formula is C51H33NO3.